The Bertz CT molecular complexity index is 830. The molecule has 0 N–H and O–H groups in total. The fraction of sp³-hybridized carbons (Fsp3) is 0.474. The largest absolute Gasteiger partial charge is 0.490 e. The molecule has 1 aromatic rings. The lowest BCUT2D eigenvalue weighted by Gasteiger charge is -2.32. The molecule has 4 rings (SSSR count). The van der Waals surface area contributed by atoms with Crippen molar-refractivity contribution in [2.75, 3.05) is 13.1 Å². The topological polar surface area (TPSA) is 74.6 Å². The zero-order chi connectivity index (χ0) is 19.0. The maximum absolute atomic E-state index is 11.7. The number of carbonyl (C=O) groups is 2. The fourth-order valence-corrected chi connectivity index (χ4v) is 4.02. The Labute approximate surface area is 162 Å². The van der Waals surface area contributed by atoms with Gasteiger partial charge in [0.05, 0.1) is 11.9 Å². The molecule has 1 unspecified atom stereocenters. The van der Waals surface area contributed by atoms with E-state index in [1.54, 1.807) is 13.1 Å². The number of hydrogen-bond acceptors (Lipinski definition) is 5. The van der Waals surface area contributed by atoms with E-state index in [-0.39, 0.29) is 12.0 Å². The first-order valence-electron chi connectivity index (χ1n) is 9.09. The van der Waals surface area contributed by atoms with Crippen molar-refractivity contribution in [1.82, 2.24) is 9.80 Å². The second-order valence-electron chi connectivity index (χ2n) is 7.04. The highest BCUT2D eigenvalue weighted by molar-refractivity contribution is 6.33. The summed E-state index contributed by atoms with van der Waals surface area (Å²) >= 11 is 6.21. The molecule has 1 fully saturated rings. The van der Waals surface area contributed by atoms with Crippen molar-refractivity contribution in [3.05, 3.63) is 41.2 Å². The van der Waals surface area contributed by atoms with E-state index in [1.807, 2.05) is 21.9 Å². The molecule has 3 aliphatic rings. The standard InChI is InChI=1S/C19H21ClN4O3/c1-12(25)23-7-5-14(6-8-23)27-17-4-2-3-13-10-24(11-15(13)17)16-9-21-22-19(26)18(16)20/h2-4,9,14,18H,5-8,10-11H2,1H3. The van der Waals surface area contributed by atoms with Crippen molar-refractivity contribution in [3.63, 3.8) is 0 Å². The molecule has 0 radical (unpaired) electrons. The molecule has 142 valence electrons. The van der Waals surface area contributed by atoms with Gasteiger partial charge in [-0.1, -0.05) is 12.1 Å². The molecule has 0 aliphatic carbocycles. The number of amides is 2. The molecule has 2 amide bonds. The highest BCUT2D eigenvalue weighted by Crippen LogP contribution is 2.36. The maximum atomic E-state index is 11.7. The number of likely N-dealkylation sites (tertiary alicyclic amines) is 1. The average Bonchev–Trinajstić information content (AvgIpc) is 3.09. The van der Waals surface area contributed by atoms with Crippen LogP contribution in [0.3, 0.4) is 0 Å². The smallest absolute Gasteiger partial charge is 0.288 e. The zero-order valence-electron chi connectivity index (χ0n) is 15.1. The lowest BCUT2D eigenvalue weighted by Crippen LogP contribution is -2.40. The van der Waals surface area contributed by atoms with Crippen LogP contribution in [-0.4, -0.2) is 46.2 Å². The fourth-order valence-electron chi connectivity index (χ4n) is 3.78. The van der Waals surface area contributed by atoms with Gasteiger partial charge in [-0.3, -0.25) is 9.59 Å². The maximum Gasteiger partial charge on any atom is 0.288 e. The number of rotatable bonds is 3. The first-order valence-corrected chi connectivity index (χ1v) is 9.53. The van der Waals surface area contributed by atoms with E-state index in [0.717, 1.165) is 42.8 Å². The Hall–Kier alpha value is -2.41. The lowest BCUT2D eigenvalue weighted by molar-refractivity contribution is -0.130. The number of ether oxygens (including phenoxy) is 1. The molecule has 7 nitrogen and oxygen atoms in total. The van der Waals surface area contributed by atoms with Gasteiger partial charge in [0.2, 0.25) is 5.91 Å². The summed E-state index contributed by atoms with van der Waals surface area (Å²) in [7, 11) is 0. The molecule has 8 heteroatoms. The highest BCUT2D eigenvalue weighted by Gasteiger charge is 2.32. The second-order valence-corrected chi connectivity index (χ2v) is 7.48. The molecule has 1 saturated heterocycles. The first-order chi connectivity index (χ1) is 13.0. The van der Waals surface area contributed by atoms with Crippen LogP contribution in [-0.2, 0) is 22.7 Å². The van der Waals surface area contributed by atoms with Gasteiger partial charge in [-0.15, -0.1) is 16.7 Å². The quantitative estimate of drug-likeness (QED) is 0.746. The molecule has 0 saturated carbocycles. The van der Waals surface area contributed by atoms with Gasteiger partial charge in [0, 0.05) is 51.5 Å². The number of azo groups is 1. The van der Waals surface area contributed by atoms with Crippen molar-refractivity contribution in [2.45, 2.75) is 44.3 Å². The summed E-state index contributed by atoms with van der Waals surface area (Å²) in [5, 5.41) is 6.46. The average molecular weight is 389 g/mol. The number of alkyl halides is 1. The number of benzene rings is 1. The van der Waals surface area contributed by atoms with Crippen LogP contribution in [0.15, 0.2) is 40.3 Å². The van der Waals surface area contributed by atoms with E-state index in [1.165, 1.54) is 0 Å². The van der Waals surface area contributed by atoms with Gasteiger partial charge in [0.25, 0.3) is 5.91 Å². The summed E-state index contributed by atoms with van der Waals surface area (Å²) in [6.07, 6.45) is 3.32. The Balaban J connectivity index is 1.46. The van der Waals surface area contributed by atoms with Crippen LogP contribution < -0.4 is 4.74 Å². The predicted octanol–water partition coefficient (Wildman–Crippen LogP) is 2.83. The zero-order valence-corrected chi connectivity index (χ0v) is 15.9. The number of fused-ring (bicyclic) bond motifs is 1. The van der Waals surface area contributed by atoms with Gasteiger partial charge in [-0.05, 0) is 11.6 Å². The van der Waals surface area contributed by atoms with Crippen LogP contribution in [0.25, 0.3) is 0 Å². The molecule has 1 aromatic carbocycles. The summed E-state index contributed by atoms with van der Waals surface area (Å²) in [5.74, 6) is 0.554. The number of halogens is 1. The predicted molar refractivity (Wildman–Crippen MR) is 99.2 cm³/mol. The third-order valence-corrected chi connectivity index (χ3v) is 5.72. The second kappa shape index (κ2) is 7.31. The molecule has 1 atom stereocenters. The summed E-state index contributed by atoms with van der Waals surface area (Å²) in [4.78, 5) is 27.1. The molecule has 3 aliphatic heterocycles. The van der Waals surface area contributed by atoms with Crippen LogP contribution in [0.1, 0.15) is 30.9 Å². The third-order valence-electron chi connectivity index (χ3n) is 5.31. The molecule has 0 spiro atoms. The van der Waals surface area contributed by atoms with Gasteiger partial charge in [0.15, 0.2) is 5.38 Å². The molecule has 27 heavy (non-hydrogen) atoms. The normalized spacial score (nSPS) is 22.7. The third kappa shape index (κ3) is 3.56. The van der Waals surface area contributed by atoms with Crippen molar-refractivity contribution in [1.29, 1.82) is 0 Å². The number of carbonyl (C=O) groups excluding carboxylic acids is 2. The van der Waals surface area contributed by atoms with Gasteiger partial charge in [-0.25, -0.2) is 0 Å². The Morgan fingerprint density at radius 2 is 2.04 bits per heavy atom. The number of hydrogen-bond donors (Lipinski definition) is 0. The summed E-state index contributed by atoms with van der Waals surface area (Å²) < 4.78 is 6.28. The number of piperidine rings is 1. The molecular formula is C19H21ClN4O3. The van der Waals surface area contributed by atoms with Gasteiger partial charge in [0.1, 0.15) is 11.9 Å². The van der Waals surface area contributed by atoms with E-state index in [0.29, 0.717) is 18.8 Å². The van der Waals surface area contributed by atoms with E-state index in [9.17, 15) is 9.59 Å². The van der Waals surface area contributed by atoms with E-state index in [2.05, 4.69) is 16.3 Å². The van der Waals surface area contributed by atoms with Gasteiger partial charge in [-0.2, -0.15) is 5.11 Å². The Morgan fingerprint density at radius 3 is 2.78 bits per heavy atom. The van der Waals surface area contributed by atoms with E-state index >= 15 is 0 Å². The molecular weight excluding hydrogens is 368 g/mol. The van der Waals surface area contributed by atoms with Crippen molar-refractivity contribution < 1.29 is 14.3 Å². The minimum atomic E-state index is -0.794. The number of nitrogens with zero attached hydrogens (tertiary/aromatic N) is 4. The van der Waals surface area contributed by atoms with Crippen LogP contribution >= 0.6 is 11.6 Å². The molecule has 0 bridgehead atoms. The van der Waals surface area contributed by atoms with Gasteiger partial charge >= 0.3 is 0 Å². The Kier molecular flexibility index (Phi) is 4.86. The summed E-state index contributed by atoms with van der Waals surface area (Å²) in [5.41, 5.74) is 2.95. The van der Waals surface area contributed by atoms with E-state index in [4.69, 9.17) is 16.3 Å². The lowest BCUT2D eigenvalue weighted by atomic mass is 10.1. The van der Waals surface area contributed by atoms with Crippen molar-refractivity contribution in [3.8, 4) is 5.75 Å². The van der Waals surface area contributed by atoms with Crippen molar-refractivity contribution in [2.24, 2.45) is 10.2 Å². The minimum Gasteiger partial charge on any atom is -0.490 e. The first kappa shape index (κ1) is 18.0. The minimum absolute atomic E-state index is 0.103. The van der Waals surface area contributed by atoms with Crippen LogP contribution in [0.5, 0.6) is 5.75 Å². The van der Waals surface area contributed by atoms with E-state index < -0.39 is 11.3 Å². The van der Waals surface area contributed by atoms with Crippen molar-refractivity contribution >= 4 is 23.4 Å². The summed E-state index contributed by atoms with van der Waals surface area (Å²) in [6, 6.07) is 6.04. The Morgan fingerprint density at radius 1 is 1.26 bits per heavy atom. The highest BCUT2D eigenvalue weighted by atomic mass is 35.5. The van der Waals surface area contributed by atoms with Crippen LogP contribution in [0.4, 0.5) is 0 Å². The monoisotopic (exact) mass is 388 g/mol. The molecule has 3 heterocycles. The van der Waals surface area contributed by atoms with Gasteiger partial charge < -0.3 is 14.5 Å². The molecule has 0 aromatic heterocycles. The SMILES string of the molecule is CC(=O)N1CCC(Oc2cccc3c2CN(C2=CN=NC(=O)C2Cl)C3)CC1. The summed E-state index contributed by atoms with van der Waals surface area (Å²) in [6.45, 7) is 4.35. The van der Waals surface area contributed by atoms with Crippen LogP contribution in [0.2, 0.25) is 0 Å². The van der Waals surface area contributed by atoms with Crippen LogP contribution in [0, 0.1) is 0 Å².